The lowest BCUT2D eigenvalue weighted by Crippen LogP contribution is -2.02. The third-order valence-electron chi connectivity index (χ3n) is 4.15. The topological polar surface area (TPSA) is 27.7 Å². The Morgan fingerprint density at radius 1 is 0.643 bits per heavy atom. The van der Waals surface area contributed by atoms with Crippen LogP contribution in [0.15, 0.2) is 72.8 Å². The van der Waals surface area contributed by atoms with Crippen molar-refractivity contribution < 1.29 is 13.1 Å². The molecule has 0 aliphatic carbocycles. The summed E-state index contributed by atoms with van der Waals surface area (Å²) in [4.78, 5) is 0. The van der Waals surface area contributed by atoms with Gasteiger partial charge >= 0.3 is 6.72 Å². The van der Waals surface area contributed by atoms with Gasteiger partial charge in [0.25, 0.3) is 0 Å². The van der Waals surface area contributed by atoms with Gasteiger partial charge in [-0.05, 0) is 22.9 Å². The molecule has 0 radical (unpaired) electrons. The van der Waals surface area contributed by atoms with E-state index in [9.17, 15) is 0 Å². The van der Waals surface area contributed by atoms with Crippen molar-refractivity contribution in [2.24, 2.45) is 0 Å². The van der Waals surface area contributed by atoms with Crippen molar-refractivity contribution in [3.63, 3.8) is 0 Å². The average Bonchev–Trinajstić information content (AvgIpc) is 2.72. The summed E-state index contributed by atoms with van der Waals surface area (Å²) in [6.07, 6.45) is 0. The molecule has 0 aromatic heterocycles. The van der Waals surface area contributed by atoms with Crippen LogP contribution < -0.4 is 9.05 Å². The molecule has 0 aliphatic heterocycles. The van der Waals surface area contributed by atoms with Gasteiger partial charge in [-0.25, -0.2) is 0 Å². The average molecular weight is 470 g/mol. The summed E-state index contributed by atoms with van der Waals surface area (Å²) < 4.78 is 16.9. The van der Waals surface area contributed by atoms with E-state index in [4.69, 9.17) is 60.0 Å². The van der Waals surface area contributed by atoms with Gasteiger partial charge in [0, 0.05) is 22.6 Å². The van der Waals surface area contributed by atoms with Gasteiger partial charge in [0.05, 0.1) is 21.9 Å². The summed E-state index contributed by atoms with van der Waals surface area (Å²) in [6.45, 7) is -3.48. The summed E-state index contributed by atoms with van der Waals surface area (Å²) in [5, 5.41) is 4.14. The van der Waals surface area contributed by atoms with Gasteiger partial charge < -0.3 is 9.05 Å². The van der Waals surface area contributed by atoms with E-state index in [0.29, 0.717) is 21.5 Å². The van der Waals surface area contributed by atoms with Gasteiger partial charge in [-0.3, -0.25) is 0 Å². The Bertz CT molecular complexity index is 1140. The van der Waals surface area contributed by atoms with Crippen molar-refractivity contribution in [2.75, 3.05) is 0 Å². The van der Waals surface area contributed by atoms with E-state index in [0.717, 1.165) is 21.5 Å². The van der Waals surface area contributed by atoms with Crippen LogP contribution in [0.3, 0.4) is 0 Å². The molecule has 0 atom stereocenters. The molecule has 28 heavy (non-hydrogen) atoms. The molecule has 142 valence electrons. The number of hydrogen-bond donors (Lipinski definition) is 0. The van der Waals surface area contributed by atoms with E-state index in [1.807, 2.05) is 60.7 Å². The predicted molar refractivity (Wildman–Crippen MR) is 120 cm³/mol. The number of hydrogen-bond acceptors (Lipinski definition) is 4. The third-order valence-corrected chi connectivity index (χ3v) is 7.19. The minimum atomic E-state index is -3.48. The molecule has 4 rings (SSSR count). The fourth-order valence-electron chi connectivity index (χ4n) is 2.89. The van der Waals surface area contributed by atoms with E-state index >= 15 is 0 Å². The molecule has 0 bridgehead atoms. The molecule has 0 saturated carbocycles. The van der Waals surface area contributed by atoms with E-state index in [-0.39, 0.29) is 0 Å². The first kappa shape index (κ1) is 19.8. The lowest BCUT2D eigenvalue weighted by atomic mass is 10.1. The Morgan fingerprint density at radius 2 is 1.07 bits per heavy atom. The SMILES string of the molecule is S=P(OCl)(Oc1c(Cl)ccc2ccccc12)Oc1c(Cl)ccc2ccccc12. The molecule has 0 N–H and O–H groups in total. The smallest absolute Gasteiger partial charge is 0.413 e. The first-order valence-corrected chi connectivity index (χ1v) is 11.8. The lowest BCUT2D eigenvalue weighted by Gasteiger charge is -2.22. The monoisotopic (exact) mass is 468 g/mol. The molecular weight excluding hydrogens is 458 g/mol. The van der Waals surface area contributed by atoms with Crippen LogP contribution in [0.5, 0.6) is 11.5 Å². The van der Waals surface area contributed by atoms with Crippen molar-refractivity contribution in [1.82, 2.24) is 0 Å². The summed E-state index contributed by atoms with van der Waals surface area (Å²) in [5.41, 5.74) is 0. The van der Waals surface area contributed by atoms with E-state index in [1.54, 1.807) is 12.1 Å². The van der Waals surface area contributed by atoms with E-state index < -0.39 is 6.72 Å². The third kappa shape index (κ3) is 3.81. The molecule has 0 saturated heterocycles. The molecule has 0 fully saturated rings. The highest BCUT2D eigenvalue weighted by molar-refractivity contribution is 8.08. The fraction of sp³-hybridized carbons (Fsp3) is 0. The van der Waals surface area contributed by atoms with Crippen LogP contribution in [-0.4, -0.2) is 0 Å². The van der Waals surface area contributed by atoms with Crippen LogP contribution in [0.4, 0.5) is 0 Å². The van der Waals surface area contributed by atoms with Crippen LogP contribution >= 0.6 is 41.8 Å². The standard InChI is InChI=1S/C20H12Cl3O3PS/c21-17-11-9-13-5-1-3-7-15(13)19(17)24-27(28,26-23)25-20-16-8-4-2-6-14(16)10-12-18(20)22/h1-12H. The summed E-state index contributed by atoms with van der Waals surface area (Å²) in [6, 6.07) is 22.4. The molecule has 3 nitrogen and oxygen atoms in total. The summed E-state index contributed by atoms with van der Waals surface area (Å²) >= 11 is 24.0. The van der Waals surface area contributed by atoms with Crippen molar-refractivity contribution in [1.29, 1.82) is 0 Å². The van der Waals surface area contributed by atoms with Crippen molar-refractivity contribution >= 4 is 75.1 Å². The maximum Gasteiger partial charge on any atom is 0.452 e. The Morgan fingerprint density at radius 3 is 1.50 bits per heavy atom. The highest BCUT2D eigenvalue weighted by atomic mass is 35.5. The molecule has 0 spiro atoms. The molecule has 4 aromatic carbocycles. The van der Waals surface area contributed by atoms with Gasteiger partial charge in [-0.2, -0.15) is 4.08 Å². The van der Waals surface area contributed by atoms with Crippen LogP contribution in [0.1, 0.15) is 0 Å². The van der Waals surface area contributed by atoms with Crippen LogP contribution in [-0.2, 0) is 15.9 Å². The largest absolute Gasteiger partial charge is 0.452 e. The number of halogens is 3. The van der Waals surface area contributed by atoms with Gasteiger partial charge in [-0.1, -0.05) is 83.9 Å². The Balaban J connectivity index is 1.79. The maximum atomic E-state index is 6.36. The van der Waals surface area contributed by atoms with Crippen molar-refractivity contribution in [3.05, 3.63) is 82.8 Å². The van der Waals surface area contributed by atoms with Crippen molar-refractivity contribution in [2.45, 2.75) is 0 Å². The fourth-order valence-corrected chi connectivity index (χ4v) is 4.95. The summed E-state index contributed by atoms with van der Waals surface area (Å²) in [7, 11) is 0. The van der Waals surface area contributed by atoms with Crippen LogP contribution in [0.25, 0.3) is 21.5 Å². The predicted octanol–water partition coefficient (Wildman–Crippen LogP) is 8.15. The van der Waals surface area contributed by atoms with Gasteiger partial charge in [-0.15, -0.1) is 0 Å². The van der Waals surface area contributed by atoms with E-state index in [1.165, 1.54) is 0 Å². The zero-order valence-corrected chi connectivity index (χ0v) is 18.1. The molecule has 0 amide bonds. The number of benzene rings is 4. The van der Waals surface area contributed by atoms with Crippen LogP contribution in [0.2, 0.25) is 10.0 Å². The van der Waals surface area contributed by atoms with Gasteiger partial charge in [0.2, 0.25) is 0 Å². The Kier molecular flexibility index (Phi) is 5.71. The minimum absolute atomic E-state index is 0.347. The van der Waals surface area contributed by atoms with Gasteiger partial charge in [0.15, 0.2) is 11.5 Å². The number of fused-ring (bicyclic) bond motifs is 2. The van der Waals surface area contributed by atoms with E-state index in [2.05, 4.69) is 0 Å². The summed E-state index contributed by atoms with van der Waals surface area (Å²) in [5.74, 6) is 0.695. The highest BCUT2D eigenvalue weighted by Crippen LogP contribution is 2.55. The molecule has 0 aliphatic rings. The Labute approximate surface area is 182 Å². The first-order chi connectivity index (χ1) is 13.5. The second-order valence-electron chi connectivity index (χ2n) is 5.89. The molecule has 4 aromatic rings. The maximum absolute atomic E-state index is 6.36. The minimum Gasteiger partial charge on any atom is -0.413 e. The zero-order valence-electron chi connectivity index (χ0n) is 14.1. The molecule has 8 heteroatoms. The normalized spacial score (nSPS) is 11.7. The second-order valence-corrected chi connectivity index (χ2v) is 9.86. The second kappa shape index (κ2) is 8.08. The highest BCUT2D eigenvalue weighted by Gasteiger charge is 2.29. The quantitative estimate of drug-likeness (QED) is 0.276. The zero-order chi connectivity index (χ0) is 19.7. The first-order valence-electron chi connectivity index (χ1n) is 8.15. The van der Waals surface area contributed by atoms with Crippen molar-refractivity contribution in [3.8, 4) is 11.5 Å². The lowest BCUT2D eigenvalue weighted by molar-refractivity contribution is 0.402. The van der Waals surface area contributed by atoms with Gasteiger partial charge in [0.1, 0.15) is 0 Å². The van der Waals surface area contributed by atoms with Crippen LogP contribution in [0, 0.1) is 0 Å². The molecule has 0 heterocycles. The number of rotatable bonds is 5. The molecular formula is C20H12Cl3O3PS. The molecule has 0 unspecified atom stereocenters. The Hall–Kier alpha value is -1.52.